The molecule has 1 aliphatic rings. The fraction of sp³-hybridized carbons (Fsp3) is 0.562. The van der Waals surface area contributed by atoms with E-state index in [0.29, 0.717) is 12.2 Å². The zero-order chi connectivity index (χ0) is 14.4. The van der Waals surface area contributed by atoms with E-state index in [-0.39, 0.29) is 5.97 Å². The first-order valence-electron chi connectivity index (χ1n) is 7.36. The topological polar surface area (TPSA) is 32.8 Å². The van der Waals surface area contributed by atoms with Crippen LogP contribution in [0.3, 0.4) is 0 Å². The van der Waals surface area contributed by atoms with Gasteiger partial charge in [-0.15, -0.1) is 0 Å². The zero-order valence-electron chi connectivity index (χ0n) is 12.5. The molecule has 1 fully saturated rings. The summed E-state index contributed by atoms with van der Waals surface area (Å²) >= 11 is 0. The van der Waals surface area contributed by atoms with E-state index in [1.54, 1.807) is 0 Å². The van der Waals surface area contributed by atoms with Gasteiger partial charge in [-0.05, 0) is 31.2 Å². The van der Waals surface area contributed by atoms with E-state index in [0.717, 1.165) is 39.1 Å². The van der Waals surface area contributed by atoms with Crippen LogP contribution in [0.5, 0.6) is 0 Å². The van der Waals surface area contributed by atoms with Crippen molar-refractivity contribution < 1.29 is 9.53 Å². The largest absolute Gasteiger partial charge is 0.462 e. The fourth-order valence-corrected chi connectivity index (χ4v) is 2.29. The molecule has 0 aliphatic carbocycles. The Morgan fingerprint density at radius 3 is 2.40 bits per heavy atom. The molecule has 0 aromatic heterocycles. The fourth-order valence-electron chi connectivity index (χ4n) is 2.29. The number of likely N-dealkylation sites (N-methyl/N-ethyl adjacent to an activating group) is 1. The Balaban J connectivity index is 1.86. The third-order valence-corrected chi connectivity index (χ3v) is 3.63. The number of rotatable bonds is 5. The van der Waals surface area contributed by atoms with Crippen LogP contribution in [0.1, 0.15) is 29.3 Å². The van der Waals surface area contributed by atoms with Gasteiger partial charge in [0.25, 0.3) is 0 Å². The predicted molar refractivity (Wildman–Crippen MR) is 79.8 cm³/mol. The third-order valence-electron chi connectivity index (χ3n) is 3.63. The molecule has 0 atom stereocenters. The molecule has 0 spiro atoms. The first-order valence-corrected chi connectivity index (χ1v) is 7.36. The summed E-state index contributed by atoms with van der Waals surface area (Å²) in [5, 5.41) is 0. The second-order valence-electron chi connectivity index (χ2n) is 5.41. The molecule has 20 heavy (non-hydrogen) atoms. The van der Waals surface area contributed by atoms with Gasteiger partial charge in [-0.2, -0.15) is 0 Å². The van der Waals surface area contributed by atoms with Gasteiger partial charge in [0.05, 0.1) is 12.2 Å². The lowest BCUT2D eigenvalue weighted by atomic mass is 10.1. The van der Waals surface area contributed by atoms with E-state index in [1.807, 2.05) is 31.2 Å². The van der Waals surface area contributed by atoms with Crippen molar-refractivity contribution in [2.24, 2.45) is 0 Å². The van der Waals surface area contributed by atoms with Crippen molar-refractivity contribution in [2.75, 3.05) is 39.8 Å². The van der Waals surface area contributed by atoms with Crippen molar-refractivity contribution >= 4 is 5.97 Å². The predicted octanol–water partition coefficient (Wildman–Crippen LogP) is 2.00. The van der Waals surface area contributed by atoms with Crippen LogP contribution >= 0.6 is 0 Å². The first kappa shape index (κ1) is 15.0. The molecule has 4 heteroatoms. The van der Waals surface area contributed by atoms with Crippen LogP contribution in [0.2, 0.25) is 0 Å². The molecule has 1 aromatic rings. The van der Waals surface area contributed by atoms with Crippen molar-refractivity contribution in [1.82, 2.24) is 9.80 Å². The number of ether oxygens (including phenoxy) is 1. The number of piperazine rings is 1. The number of benzene rings is 1. The van der Waals surface area contributed by atoms with Crippen molar-refractivity contribution in [3.05, 3.63) is 35.4 Å². The Kier molecular flexibility index (Phi) is 5.56. The van der Waals surface area contributed by atoms with Crippen molar-refractivity contribution in [2.45, 2.75) is 19.9 Å². The van der Waals surface area contributed by atoms with E-state index in [1.165, 1.54) is 5.56 Å². The lowest BCUT2D eigenvalue weighted by Gasteiger charge is -2.32. The Morgan fingerprint density at radius 1 is 1.15 bits per heavy atom. The zero-order valence-corrected chi connectivity index (χ0v) is 12.5. The van der Waals surface area contributed by atoms with Gasteiger partial charge in [0, 0.05) is 32.7 Å². The summed E-state index contributed by atoms with van der Waals surface area (Å²) in [5.41, 5.74) is 1.89. The third kappa shape index (κ3) is 4.32. The van der Waals surface area contributed by atoms with E-state index in [2.05, 4.69) is 16.8 Å². The van der Waals surface area contributed by atoms with Gasteiger partial charge in [0.2, 0.25) is 0 Å². The number of hydrogen-bond donors (Lipinski definition) is 0. The highest BCUT2D eigenvalue weighted by atomic mass is 16.5. The maximum Gasteiger partial charge on any atom is 0.338 e. The van der Waals surface area contributed by atoms with Gasteiger partial charge in [-0.25, -0.2) is 4.79 Å². The number of carbonyl (C=O) groups excluding carboxylic acids is 1. The van der Waals surface area contributed by atoms with E-state index in [4.69, 9.17) is 4.74 Å². The van der Waals surface area contributed by atoms with E-state index < -0.39 is 0 Å². The minimum atomic E-state index is -0.224. The normalized spacial score (nSPS) is 17.1. The maximum atomic E-state index is 11.7. The van der Waals surface area contributed by atoms with Crippen LogP contribution in [-0.2, 0) is 11.3 Å². The molecule has 0 N–H and O–H groups in total. The van der Waals surface area contributed by atoms with Gasteiger partial charge in [-0.1, -0.05) is 19.1 Å². The number of nitrogens with zero attached hydrogens (tertiary/aromatic N) is 2. The monoisotopic (exact) mass is 276 g/mol. The molecule has 2 rings (SSSR count). The highest BCUT2D eigenvalue weighted by molar-refractivity contribution is 5.89. The molecule has 0 unspecified atom stereocenters. The summed E-state index contributed by atoms with van der Waals surface area (Å²) in [7, 11) is 2.16. The minimum absolute atomic E-state index is 0.224. The Hall–Kier alpha value is -1.39. The Morgan fingerprint density at radius 2 is 1.80 bits per heavy atom. The summed E-state index contributed by atoms with van der Waals surface area (Å²) in [6, 6.07) is 7.79. The molecular weight excluding hydrogens is 252 g/mol. The molecule has 1 aliphatic heterocycles. The maximum absolute atomic E-state index is 11.7. The van der Waals surface area contributed by atoms with Gasteiger partial charge in [0.1, 0.15) is 0 Å². The second-order valence-corrected chi connectivity index (χ2v) is 5.41. The van der Waals surface area contributed by atoms with Crippen LogP contribution < -0.4 is 0 Å². The highest BCUT2D eigenvalue weighted by Crippen LogP contribution is 2.10. The molecule has 0 radical (unpaired) electrons. The second kappa shape index (κ2) is 7.41. The molecule has 110 valence electrons. The van der Waals surface area contributed by atoms with Crippen LogP contribution in [0, 0.1) is 0 Å². The van der Waals surface area contributed by atoms with Crippen molar-refractivity contribution in [1.29, 1.82) is 0 Å². The highest BCUT2D eigenvalue weighted by Gasteiger charge is 2.14. The molecule has 0 amide bonds. The number of hydrogen-bond acceptors (Lipinski definition) is 4. The summed E-state index contributed by atoms with van der Waals surface area (Å²) in [4.78, 5) is 16.5. The molecule has 0 bridgehead atoms. The van der Waals surface area contributed by atoms with Crippen LogP contribution in [-0.4, -0.2) is 55.6 Å². The first-order chi connectivity index (χ1) is 9.69. The smallest absolute Gasteiger partial charge is 0.338 e. The molecular formula is C16H24N2O2. The van der Waals surface area contributed by atoms with Gasteiger partial charge < -0.3 is 9.64 Å². The molecule has 1 heterocycles. The Labute approximate surface area is 121 Å². The Bertz CT molecular complexity index is 423. The molecule has 1 saturated heterocycles. The standard InChI is InChI=1S/C16H24N2O2/c1-3-12-20-16(19)15-6-4-14(5-7-15)13-18-10-8-17(2)9-11-18/h4-7H,3,8-13H2,1-2H3. The summed E-state index contributed by atoms with van der Waals surface area (Å²) < 4.78 is 5.12. The summed E-state index contributed by atoms with van der Waals surface area (Å²) in [6.45, 7) is 7.91. The van der Waals surface area contributed by atoms with Crippen LogP contribution in [0.4, 0.5) is 0 Å². The quantitative estimate of drug-likeness (QED) is 0.770. The molecule has 0 saturated carbocycles. The van der Waals surface area contributed by atoms with Gasteiger partial charge >= 0.3 is 5.97 Å². The van der Waals surface area contributed by atoms with Crippen LogP contribution in [0.25, 0.3) is 0 Å². The van der Waals surface area contributed by atoms with Gasteiger partial charge in [-0.3, -0.25) is 4.90 Å². The lowest BCUT2D eigenvalue weighted by Crippen LogP contribution is -2.43. The van der Waals surface area contributed by atoms with Gasteiger partial charge in [0.15, 0.2) is 0 Å². The van der Waals surface area contributed by atoms with Crippen molar-refractivity contribution in [3.8, 4) is 0 Å². The molecule has 4 nitrogen and oxygen atoms in total. The average molecular weight is 276 g/mol. The SMILES string of the molecule is CCCOC(=O)c1ccc(CN2CCN(C)CC2)cc1. The minimum Gasteiger partial charge on any atom is -0.462 e. The van der Waals surface area contributed by atoms with E-state index >= 15 is 0 Å². The van der Waals surface area contributed by atoms with Crippen LogP contribution in [0.15, 0.2) is 24.3 Å². The average Bonchev–Trinajstić information content (AvgIpc) is 2.48. The molecule has 1 aromatic carbocycles. The van der Waals surface area contributed by atoms with E-state index in [9.17, 15) is 4.79 Å². The summed E-state index contributed by atoms with van der Waals surface area (Å²) in [5.74, 6) is -0.224. The van der Waals surface area contributed by atoms with Crippen molar-refractivity contribution in [3.63, 3.8) is 0 Å². The number of esters is 1. The lowest BCUT2D eigenvalue weighted by molar-refractivity contribution is 0.0505. The number of carbonyl (C=O) groups is 1. The summed E-state index contributed by atoms with van der Waals surface area (Å²) in [6.07, 6.45) is 0.854.